The molecule has 0 aliphatic rings. The highest BCUT2D eigenvalue weighted by Gasteiger charge is 2.06. The van der Waals surface area contributed by atoms with Crippen LogP contribution in [-0.4, -0.2) is 35.1 Å². The second-order valence-electron chi connectivity index (χ2n) is 5.41. The zero-order chi connectivity index (χ0) is 18.7. The maximum Gasteiger partial charge on any atom is 0.309 e. The number of ether oxygens (including phenoxy) is 1. The fourth-order valence-corrected chi connectivity index (χ4v) is 2.51. The Bertz CT molecular complexity index is 732. The van der Waals surface area contributed by atoms with Crippen molar-refractivity contribution in [2.45, 2.75) is 53.4 Å². The van der Waals surface area contributed by atoms with Gasteiger partial charge in [0.2, 0.25) is 5.29 Å². The van der Waals surface area contributed by atoms with Gasteiger partial charge in [0.15, 0.2) is 0 Å². The number of carbonyl (C=O) groups excluding carboxylic acids is 1. The summed E-state index contributed by atoms with van der Waals surface area (Å²) in [5.74, 6) is -0.228. The van der Waals surface area contributed by atoms with E-state index in [4.69, 9.17) is 16.3 Å². The molecule has 0 spiro atoms. The molecular weight excluding hydrogens is 338 g/mol. The molecule has 0 aromatic carbocycles. The lowest BCUT2D eigenvalue weighted by molar-refractivity contribution is -0.141. The van der Waals surface area contributed by atoms with Crippen LogP contribution < -0.4 is 10.6 Å². The highest BCUT2D eigenvalue weighted by Crippen LogP contribution is 2.02. The van der Waals surface area contributed by atoms with E-state index in [1.165, 1.54) is 0 Å². The minimum atomic E-state index is -0.228. The van der Waals surface area contributed by atoms with Crippen LogP contribution >= 0.6 is 11.6 Å². The van der Waals surface area contributed by atoms with Crippen LogP contribution in [0.5, 0.6) is 0 Å². The number of hydrogen-bond acceptors (Lipinski definition) is 3. The van der Waals surface area contributed by atoms with E-state index in [2.05, 4.69) is 28.0 Å². The van der Waals surface area contributed by atoms with Crippen molar-refractivity contribution < 1.29 is 9.53 Å². The van der Waals surface area contributed by atoms with Crippen LogP contribution in [0.15, 0.2) is 16.1 Å². The Kier molecular flexibility index (Phi) is 9.85. The first kappa shape index (κ1) is 21.2. The Balaban J connectivity index is 3.28. The quantitative estimate of drug-likeness (QED) is 0.333. The van der Waals surface area contributed by atoms with Crippen LogP contribution in [-0.2, 0) is 9.53 Å². The Morgan fingerprint density at radius 1 is 1.28 bits per heavy atom. The molecule has 0 bridgehead atoms. The summed E-state index contributed by atoms with van der Waals surface area (Å²) in [5.41, 5.74) is 1.73. The van der Waals surface area contributed by atoms with E-state index in [0.29, 0.717) is 13.2 Å². The zero-order valence-electron chi connectivity index (χ0n) is 15.6. The average molecular weight is 366 g/mol. The molecule has 0 saturated heterocycles. The van der Waals surface area contributed by atoms with Gasteiger partial charge in [-0.05, 0) is 49.6 Å². The largest absolute Gasteiger partial charge is 0.466 e. The summed E-state index contributed by atoms with van der Waals surface area (Å²) < 4.78 is 4.99. The molecule has 1 aromatic heterocycles. The number of rotatable bonds is 8. The molecular formula is C19H28ClN3O2. The highest BCUT2D eigenvalue weighted by atomic mass is 35.5. The average Bonchev–Trinajstić information content (AvgIpc) is 2.99. The molecule has 0 aliphatic carbocycles. The van der Waals surface area contributed by atoms with Gasteiger partial charge in [-0.2, -0.15) is 0 Å². The monoisotopic (exact) mass is 365 g/mol. The van der Waals surface area contributed by atoms with Crippen molar-refractivity contribution >= 4 is 40.7 Å². The Hall–Kier alpha value is -1.88. The normalized spacial score (nSPS) is 14.3. The number of nitrogens with one attached hydrogen (secondary N) is 1. The lowest BCUT2D eigenvalue weighted by Crippen LogP contribution is -2.22. The van der Waals surface area contributed by atoms with Gasteiger partial charge in [-0.15, -0.1) is 0 Å². The fourth-order valence-electron chi connectivity index (χ4n) is 2.29. The van der Waals surface area contributed by atoms with E-state index in [9.17, 15) is 4.79 Å². The van der Waals surface area contributed by atoms with Crippen LogP contribution in [0.1, 0.15) is 59.1 Å². The molecule has 1 aromatic rings. The third-order valence-electron chi connectivity index (χ3n) is 3.47. The van der Waals surface area contributed by atoms with Gasteiger partial charge >= 0.3 is 5.97 Å². The molecule has 0 unspecified atom stereocenters. The van der Waals surface area contributed by atoms with Crippen molar-refractivity contribution in [3.63, 3.8) is 0 Å². The predicted octanol–water partition coefficient (Wildman–Crippen LogP) is 3.14. The Labute approximate surface area is 154 Å². The number of unbranched alkanes of at least 4 members (excludes halogenated alkanes) is 1. The van der Waals surface area contributed by atoms with Crippen LogP contribution in [0.2, 0.25) is 0 Å². The van der Waals surface area contributed by atoms with Gasteiger partial charge in [-0.1, -0.05) is 32.4 Å². The molecule has 5 nitrogen and oxygen atoms in total. The Morgan fingerprint density at radius 3 is 2.64 bits per heavy atom. The fraction of sp³-hybridized carbons (Fsp3) is 0.526. The van der Waals surface area contributed by atoms with Gasteiger partial charge in [-0.3, -0.25) is 9.79 Å². The number of aliphatic imine (C=N–C) groups is 2. The molecule has 0 radical (unpaired) electrons. The number of amidine groups is 1. The van der Waals surface area contributed by atoms with E-state index in [-0.39, 0.29) is 17.7 Å². The van der Waals surface area contributed by atoms with Crippen LogP contribution in [0, 0.1) is 0 Å². The summed E-state index contributed by atoms with van der Waals surface area (Å²) >= 11 is 6.04. The summed E-state index contributed by atoms with van der Waals surface area (Å²) in [6.07, 6.45) is 6.99. The van der Waals surface area contributed by atoms with Gasteiger partial charge in [0, 0.05) is 11.9 Å². The smallest absolute Gasteiger partial charge is 0.309 e. The number of nitrogens with zero attached hydrogens (tertiary/aromatic N) is 2. The van der Waals surface area contributed by atoms with E-state index >= 15 is 0 Å². The lowest BCUT2D eigenvalue weighted by atomic mass is 10.2. The molecule has 0 atom stereocenters. The summed E-state index contributed by atoms with van der Waals surface area (Å²) in [4.78, 5) is 23.5. The second-order valence-corrected chi connectivity index (χ2v) is 5.75. The summed E-state index contributed by atoms with van der Waals surface area (Å²) in [5, 5.41) is 2.22. The first-order valence-electron chi connectivity index (χ1n) is 8.88. The zero-order valence-corrected chi connectivity index (χ0v) is 16.3. The van der Waals surface area contributed by atoms with E-state index in [1.807, 2.05) is 26.0 Å². The number of esters is 1. The van der Waals surface area contributed by atoms with Crippen molar-refractivity contribution in [1.29, 1.82) is 0 Å². The molecule has 1 rings (SSSR count). The second kappa shape index (κ2) is 11.6. The summed E-state index contributed by atoms with van der Waals surface area (Å²) in [6, 6.07) is 2.00. The van der Waals surface area contributed by atoms with Gasteiger partial charge < -0.3 is 9.72 Å². The van der Waals surface area contributed by atoms with Crippen molar-refractivity contribution in [2.75, 3.05) is 13.2 Å². The number of halogens is 1. The van der Waals surface area contributed by atoms with E-state index in [0.717, 1.165) is 41.2 Å². The third-order valence-corrected chi connectivity index (χ3v) is 3.68. The molecule has 0 amide bonds. The topological polar surface area (TPSA) is 66.8 Å². The minimum absolute atomic E-state index is 0.228. The van der Waals surface area contributed by atoms with Crippen LogP contribution in [0.4, 0.5) is 0 Å². The minimum Gasteiger partial charge on any atom is -0.466 e. The van der Waals surface area contributed by atoms with Gasteiger partial charge in [0.05, 0.1) is 24.4 Å². The van der Waals surface area contributed by atoms with Crippen LogP contribution in [0.3, 0.4) is 0 Å². The van der Waals surface area contributed by atoms with E-state index in [1.54, 1.807) is 6.92 Å². The van der Waals surface area contributed by atoms with Gasteiger partial charge in [-0.25, -0.2) is 4.99 Å². The number of aromatic nitrogens is 1. The molecule has 0 saturated carbocycles. The van der Waals surface area contributed by atoms with Crippen molar-refractivity contribution in [3.05, 3.63) is 22.3 Å². The van der Waals surface area contributed by atoms with Gasteiger partial charge in [0.1, 0.15) is 0 Å². The van der Waals surface area contributed by atoms with Crippen LogP contribution in [0.25, 0.3) is 12.2 Å². The number of hydrogen-bond donors (Lipinski definition) is 1. The first-order valence-corrected chi connectivity index (χ1v) is 9.26. The molecule has 25 heavy (non-hydrogen) atoms. The van der Waals surface area contributed by atoms with Crippen molar-refractivity contribution in [1.82, 2.24) is 4.98 Å². The molecule has 138 valence electrons. The first-order chi connectivity index (χ1) is 12.0. The standard InChI is InChI=1S/C19H28ClN3O2/c1-5-9-10-16-14(11-12-18(24)25-8-4)13-17(22-16)15(6-2)23-19(20)21-7-3/h10-11,13,22H,5-9,12H2,1-4H3/b14-11-,16-10+,21-19-,23-15+. The molecule has 1 heterocycles. The Morgan fingerprint density at radius 2 is 2.04 bits per heavy atom. The number of carbonyl (C=O) groups is 1. The van der Waals surface area contributed by atoms with Gasteiger partial charge in [0.25, 0.3) is 0 Å². The van der Waals surface area contributed by atoms with Crippen molar-refractivity contribution in [3.8, 4) is 0 Å². The molecule has 1 N–H and O–H groups in total. The number of aromatic amines is 1. The lowest BCUT2D eigenvalue weighted by Gasteiger charge is -1.99. The van der Waals surface area contributed by atoms with Crippen molar-refractivity contribution in [2.24, 2.45) is 9.98 Å². The maximum atomic E-state index is 11.6. The molecule has 0 aliphatic heterocycles. The SMILES string of the molecule is CCC/C=c1/[nH]c(/C(CC)=N/C(Cl)=N\CC)c/c1=C/CC(=O)OCC. The summed E-state index contributed by atoms with van der Waals surface area (Å²) in [6.45, 7) is 8.85. The highest BCUT2D eigenvalue weighted by molar-refractivity contribution is 6.65. The third kappa shape index (κ3) is 7.26. The summed E-state index contributed by atoms with van der Waals surface area (Å²) in [7, 11) is 0. The maximum absolute atomic E-state index is 11.6. The predicted molar refractivity (Wildman–Crippen MR) is 106 cm³/mol. The molecule has 6 heteroatoms. The van der Waals surface area contributed by atoms with E-state index < -0.39 is 0 Å². The molecule has 0 fully saturated rings. The number of H-pyrrole nitrogens is 1.